The molecule has 0 unspecified atom stereocenters. The average Bonchev–Trinajstić information content (AvgIpc) is 2.62. The maximum Gasteiger partial charge on any atom is 0.272 e. The van der Waals surface area contributed by atoms with Crippen LogP contribution in [0.5, 0.6) is 5.75 Å². The van der Waals surface area contributed by atoms with E-state index in [0.717, 1.165) is 17.7 Å². The summed E-state index contributed by atoms with van der Waals surface area (Å²) in [6.07, 6.45) is 2.38. The molecular weight excluding hydrogens is 292 g/mol. The molecule has 5 heteroatoms. The van der Waals surface area contributed by atoms with E-state index in [1.165, 1.54) is 0 Å². The predicted octanol–water partition coefficient (Wildman–Crippen LogP) is 2.17. The lowest BCUT2D eigenvalue weighted by atomic mass is 10.1. The van der Waals surface area contributed by atoms with Crippen molar-refractivity contribution in [2.24, 2.45) is 0 Å². The molecule has 2 heterocycles. The minimum absolute atomic E-state index is 0.0106. The molecule has 1 aliphatic rings. The molecule has 1 aromatic heterocycles. The highest BCUT2D eigenvalue weighted by molar-refractivity contribution is 5.92. The van der Waals surface area contributed by atoms with Crippen molar-refractivity contribution >= 4 is 5.91 Å². The van der Waals surface area contributed by atoms with Crippen LogP contribution in [0.3, 0.4) is 0 Å². The van der Waals surface area contributed by atoms with Crippen LogP contribution in [0.1, 0.15) is 16.1 Å². The molecule has 0 radical (unpaired) electrons. The van der Waals surface area contributed by atoms with Gasteiger partial charge in [0.1, 0.15) is 11.4 Å². The Morgan fingerprint density at radius 3 is 3.04 bits per heavy atom. The zero-order chi connectivity index (χ0) is 16.1. The molecule has 2 aromatic rings. The van der Waals surface area contributed by atoms with Gasteiger partial charge in [0.15, 0.2) is 0 Å². The number of rotatable bonds is 4. The summed E-state index contributed by atoms with van der Waals surface area (Å²) in [4.78, 5) is 18.4. The van der Waals surface area contributed by atoms with Crippen molar-refractivity contribution in [2.45, 2.75) is 12.5 Å². The number of hydrogen-bond acceptors (Lipinski definition) is 4. The van der Waals surface area contributed by atoms with Crippen LogP contribution in [0, 0.1) is 0 Å². The van der Waals surface area contributed by atoms with Crippen molar-refractivity contribution in [1.29, 1.82) is 0 Å². The Bertz CT molecular complexity index is 660. The number of aromatic nitrogens is 1. The van der Waals surface area contributed by atoms with Gasteiger partial charge in [-0.05, 0) is 29.8 Å². The summed E-state index contributed by atoms with van der Waals surface area (Å²) < 4.78 is 11.1. The molecule has 3 rings (SSSR count). The zero-order valence-corrected chi connectivity index (χ0v) is 13.1. The molecule has 1 aliphatic heterocycles. The van der Waals surface area contributed by atoms with E-state index in [4.69, 9.17) is 9.47 Å². The highest BCUT2D eigenvalue weighted by Gasteiger charge is 2.25. The van der Waals surface area contributed by atoms with E-state index in [9.17, 15) is 4.79 Å². The highest BCUT2D eigenvalue weighted by Crippen LogP contribution is 2.17. The van der Waals surface area contributed by atoms with Crippen LogP contribution in [0.2, 0.25) is 0 Å². The van der Waals surface area contributed by atoms with Crippen molar-refractivity contribution in [3.63, 3.8) is 0 Å². The van der Waals surface area contributed by atoms with Gasteiger partial charge >= 0.3 is 0 Å². The number of ether oxygens (including phenoxy) is 2. The molecule has 120 valence electrons. The number of benzene rings is 1. The largest absolute Gasteiger partial charge is 0.497 e. The Kier molecular flexibility index (Phi) is 4.88. The van der Waals surface area contributed by atoms with Crippen LogP contribution in [-0.4, -0.2) is 48.7 Å². The van der Waals surface area contributed by atoms with E-state index < -0.39 is 0 Å². The first-order valence-electron chi connectivity index (χ1n) is 7.71. The van der Waals surface area contributed by atoms with Crippen molar-refractivity contribution in [2.75, 3.05) is 26.8 Å². The summed E-state index contributed by atoms with van der Waals surface area (Å²) in [6, 6.07) is 13.3. The van der Waals surface area contributed by atoms with Crippen LogP contribution in [0.4, 0.5) is 0 Å². The van der Waals surface area contributed by atoms with E-state index in [-0.39, 0.29) is 12.0 Å². The Labute approximate surface area is 135 Å². The number of morpholine rings is 1. The fourth-order valence-corrected chi connectivity index (χ4v) is 2.74. The van der Waals surface area contributed by atoms with Gasteiger partial charge in [-0.1, -0.05) is 18.2 Å². The molecule has 1 saturated heterocycles. The van der Waals surface area contributed by atoms with Crippen molar-refractivity contribution < 1.29 is 14.3 Å². The first-order valence-corrected chi connectivity index (χ1v) is 7.71. The minimum Gasteiger partial charge on any atom is -0.497 e. The predicted molar refractivity (Wildman–Crippen MR) is 86.6 cm³/mol. The molecule has 0 bridgehead atoms. The molecule has 0 N–H and O–H groups in total. The summed E-state index contributed by atoms with van der Waals surface area (Å²) in [5, 5.41) is 0. The monoisotopic (exact) mass is 312 g/mol. The van der Waals surface area contributed by atoms with Crippen molar-refractivity contribution in [1.82, 2.24) is 9.88 Å². The standard InChI is InChI=1S/C18H20N2O3/c1-22-15-6-4-5-14(11-15)12-16-13-20(9-10-23-16)18(21)17-7-2-3-8-19-17/h2-8,11,16H,9-10,12-13H2,1H3/t16-/m0/s1. The number of amides is 1. The van der Waals surface area contributed by atoms with Gasteiger partial charge in [-0.15, -0.1) is 0 Å². The number of pyridine rings is 1. The maximum atomic E-state index is 12.5. The Hall–Kier alpha value is -2.40. The average molecular weight is 312 g/mol. The molecule has 1 atom stereocenters. The van der Waals surface area contributed by atoms with Gasteiger partial charge in [0.25, 0.3) is 5.91 Å². The van der Waals surface area contributed by atoms with E-state index in [2.05, 4.69) is 4.98 Å². The van der Waals surface area contributed by atoms with Gasteiger partial charge in [-0.2, -0.15) is 0 Å². The summed E-state index contributed by atoms with van der Waals surface area (Å²) in [7, 11) is 1.66. The van der Waals surface area contributed by atoms with E-state index in [1.54, 1.807) is 19.4 Å². The quantitative estimate of drug-likeness (QED) is 0.868. The van der Waals surface area contributed by atoms with E-state index in [1.807, 2.05) is 41.3 Å². The van der Waals surface area contributed by atoms with Crippen LogP contribution >= 0.6 is 0 Å². The number of hydrogen-bond donors (Lipinski definition) is 0. The third-order valence-corrected chi connectivity index (χ3v) is 3.91. The first kappa shape index (κ1) is 15.5. The van der Waals surface area contributed by atoms with E-state index in [0.29, 0.717) is 25.4 Å². The number of methoxy groups -OCH3 is 1. The maximum absolute atomic E-state index is 12.5. The fraction of sp³-hybridized carbons (Fsp3) is 0.333. The molecule has 5 nitrogen and oxygen atoms in total. The molecule has 1 amide bonds. The topological polar surface area (TPSA) is 51.7 Å². The molecule has 0 saturated carbocycles. The third-order valence-electron chi connectivity index (χ3n) is 3.91. The fourth-order valence-electron chi connectivity index (χ4n) is 2.74. The van der Waals surface area contributed by atoms with Crippen LogP contribution in [-0.2, 0) is 11.2 Å². The number of carbonyl (C=O) groups excluding carboxylic acids is 1. The molecular formula is C18H20N2O3. The summed E-state index contributed by atoms with van der Waals surface area (Å²) in [6.45, 7) is 1.73. The summed E-state index contributed by atoms with van der Waals surface area (Å²) >= 11 is 0. The lowest BCUT2D eigenvalue weighted by molar-refractivity contribution is -0.0210. The third kappa shape index (κ3) is 3.87. The molecule has 23 heavy (non-hydrogen) atoms. The second kappa shape index (κ2) is 7.24. The Balaban J connectivity index is 1.65. The number of nitrogens with zero attached hydrogens (tertiary/aromatic N) is 2. The lowest BCUT2D eigenvalue weighted by Crippen LogP contribution is -2.46. The van der Waals surface area contributed by atoms with Crippen LogP contribution < -0.4 is 4.74 Å². The van der Waals surface area contributed by atoms with Gasteiger partial charge in [0.2, 0.25) is 0 Å². The van der Waals surface area contributed by atoms with Crippen LogP contribution in [0.25, 0.3) is 0 Å². The van der Waals surface area contributed by atoms with Gasteiger partial charge in [0, 0.05) is 25.7 Å². The van der Waals surface area contributed by atoms with Crippen molar-refractivity contribution in [3.8, 4) is 5.75 Å². The highest BCUT2D eigenvalue weighted by atomic mass is 16.5. The lowest BCUT2D eigenvalue weighted by Gasteiger charge is -2.33. The summed E-state index contributed by atoms with van der Waals surface area (Å²) in [5.74, 6) is 0.796. The molecule has 1 aromatic carbocycles. The van der Waals surface area contributed by atoms with Crippen molar-refractivity contribution in [3.05, 3.63) is 59.9 Å². The molecule has 0 spiro atoms. The number of carbonyl (C=O) groups is 1. The molecule has 0 aliphatic carbocycles. The van der Waals surface area contributed by atoms with Gasteiger partial charge in [-0.3, -0.25) is 9.78 Å². The Morgan fingerprint density at radius 1 is 1.35 bits per heavy atom. The SMILES string of the molecule is COc1cccc(C[C@H]2CN(C(=O)c3ccccn3)CCO2)c1. The van der Waals surface area contributed by atoms with Gasteiger partial charge in [-0.25, -0.2) is 0 Å². The smallest absolute Gasteiger partial charge is 0.272 e. The first-order chi connectivity index (χ1) is 11.3. The second-order valence-corrected chi connectivity index (χ2v) is 5.51. The van der Waals surface area contributed by atoms with Gasteiger partial charge < -0.3 is 14.4 Å². The van der Waals surface area contributed by atoms with E-state index >= 15 is 0 Å². The van der Waals surface area contributed by atoms with Crippen LogP contribution in [0.15, 0.2) is 48.7 Å². The minimum atomic E-state index is -0.0375. The van der Waals surface area contributed by atoms with Gasteiger partial charge in [0.05, 0.1) is 19.8 Å². The zero-order valence-electron chi connectivity index (χ0n) is 13.1. The normalized spacial score (nSPS) is 17.8. The Morgan fingerprint density at radius 2 is 2.26 bits per heavy atom. The summed E-state index contributed by atoms with van der Waals surface area (Å²) in [5.41, 5.74) is 1.62. The molecule has 1 fully saturated rings. The second-order valence-electron chi connectivity index (χ2n) is 5.51.